The van der Waals surface area contributed by atoms with Gasteiger partial charge in [0.2, 0.25) is 0 Å². The van der Waals surface area contributed by atoms with Crippen molar-refractivity contribution in [1.29, 1.82) is 0 Å². The Morgan fingerprint density at radius 3 is 2.64 bits per heavy atom. The molecule has 0 radical (unpaired) electrons. The Labute approximate surface area is 157 Å². The Kier molecular flexibility index (Phi) is 4.56. The number of anilines is 1. The van der Waals surface area contributed by atoms with Crippen LogP contribution in [0.2, 0.25) is 0 Å². The van der Waals surface area contributed by atoms with E-state index in [9.17, 15) is 13.2 Å². The average molecular weight is 385 g/mol. The fourth-order valence-corrected chi connectivity index (χ4v) is 2.68. The lowest BCUT2D eigenvalue weighted by atomic mass is 10.1. The van der Waals surface area contributed by atoms with Crippen molar-refractivity contribution in [2.24, 2.45) is 0 Å². The lowest BCUT2D eigenvalue weighted by Crippen LogP contribution is -2.04. The van der Waals surface area contributed by atoms with Crippen molar-refractivity contribution in [2.75, 3.05) is 5.32 Å². The topological polar surface area (TPSA) is 79.6 Å². The molecular formula is C19H14F3N5O. The fourth-order valence-electron chi connectivity index (χ4n) is 2.68. The molecule has 1 aromatic carbocycles. The van der Waals surface area contributed by atoms with E-state index in [0.717, 1.165) is 17.9 Å². The summed E-state index contributed by atoms with van der Waals surface area (Å²) in [5.41, 5.74) is 0.187. The quantitative estimate of drug-likeness (QED) is 0.518. The van der Waals surface area contributed by atoms with Crippen molar-refractivity contribution < 1.29 is 17.6 Å². The van der Waals surface area contributed by atoms with E-state index in [4.69, 9.17) is 4.42 Å². The van der Waals surface area contributed by atoms with Crippen molar-refractivity contribution in [2.45, 2.75) is 12.7 Å². The van der Waals surface area contributed by atoms with Gasteiger partial charge in [0, 0.05) is 11.8 Å². The molecular weight excluding hydrogens is 371 g/mol. The van der Waals surface area contributed by atoms with Crippen LogP contribution in [0, 0.1) is 0 Å². The third-order valence-corrected chi connectivity index (χ3v) is 4.02. The Bertz CT molecular complexity index is 1070. The van der Waals surface area contributed by atoms with Crippen LogP contribution in [0.15, 0.2) is 65.4 Å². The maximum Gasteiger partial charge on any atom is 0.416 e. The van der Waals surface area contributed by atoms with Gasteiger partial charge in [0.1, 0.15) is 11.6 Å². The highest BCUT2D eigenvalue weighted by Gasteiger charge is 2.30. The molecule has 0 aliphatic rings. The van der Waals surface area contributed by atoms with Crippen LogP contribution in [0.1, 0.15) is 11.3 Å². The van der Waals surface area contributed by atoms with Crippen LogP contribution in [0.5, 0.6) is 0 Å². The number of halogens is 3. The van der Waals surface area contributed by atoms with Gasteiger partial charge in [0.15, 0.2) is 11.6 Å². The van der Waals surface area contributed by atoms with Crippen LogP contribution in [-0.2, 0) is 12.7 Å². The van der Waals surface area contributed by atoms with Crippen molar-refractivity contribution >= 4 is 5.82 Å². The third-order valence-electron chi connectivity index (χ3n) is 4.02. The van der Waals surface area contributed by atoms with Gasteiger partial charge in [-0.25, -0.2) is 4.98 Å². The molecule has 3 aromatic heterocycles. The second-order valence-corrected chi connectivity index (χ2v) is 5.93. The fraction of sp³-hybridized carbons (Fsp3) is 0.105. The first-order chi connectivity index (χ1) is 13.5. The predicted molar refractivity (Wildman–Crippen MR) is 96.1 cm³/mol. The number of hydrogen-bond donors (Lipinski definition) is 2. The molecule has 0 bridgehead atoms. The number of hydrogen-bond acceptors (Lipinski definition) is 5. The molecule has 9 heteroatoms. The Balaban J connectivity index is 1.62. The van der Waals surface area contributed by atoms with Gasteiger partial charge in [-0.3, -0.25) is 0 Å². The van der Waals surface area contributed by atoms with Gasteiger partial charge in [-0.1, -0.05) is 12.1 Å². The highest BCUT2D eigenvalue weighted by molar-refractivity contribution is 5.71. The zero-order valence-electron chi connectivity index (χ0n) is 14.4. The summed E-state index contributed by atoms with van der Waals surface area (Å²) >= 11 is 0. The molecule has 28 heavy (non-hydrogen) atoms. The minimum atomic E-state index is -4.43. The third kappa shape index (κ3) is 3.73. The molecule has 0 unspecified atom stereocenters. The molecule has 3 heterocycles. The zero-order chi connectivity index (χ0) is 19.6. The highest BCUT2D eigenvalue weighted by Crippen LogP contribution is 2.32. The highest BCUT2D eigenvalue weighted by atomic mass is 19.4. The number of H-pyrrole nitrogens is 1. The van der Waals surface area contributed by atoms with Crippen LogP contribution in [0.3, 0.4) is 0 Å². The van der Waals surface area contributed by atoms with E-state index in [0.29, 0.717) is 29.3 Å². The summed E-state index contributed by atoms with van der Waals surface area (Å²) in [7, 11) is 0. The predicted octanol–water partition coefficient (Wildman–Crippen LogP) is 4.76. The number of alkyl halides is 3. The SMILES string of the molecule is FC(F)(F)c1cccc(-c2nnc(-c3cccnc3NCc3ccco3)[nH]2)c1. The van der Waals surface area contributed by atoms with Gasteiger partial charge in [0.05, 0.1) is 23.9 Å². The summed E-state index contributed by atoms with van der Waals surface area (Å²) in [6.07, 6.45) is -1.22. The van der Waals surface area contributed by atoms with Crippen LogP contribution in [-0.4, -0.2) is 20.2 Å². The zero-order valence-corrected chi connectivity index (χ0v) is 14.4. The van der Waals surface area contributed by atoms with Crippen LogP contribution < -0.4 is 5.32 Å². The van der Waals surface area contributed by atoms with E-state index in [2.05, 4.69) is 25.5 Å². The van der Waals surface area contributed by atoms with E-state index in [1.54, 1.807) is 36.7 Å². The van der Waals surface area contributed by atoms with Gasteiger partial charge in [-0.2, -0.15) is 13.2 Å². The van der Waals surface area contributed by atoms with Crippen molar-refractivity contribution in [3.63, 3.8) is 0 Å². The van der Waals surface area contributed by atoms with Crippen LogP contribution >= 0.6 is 0 Å². The number of rotatable bonds is 5. The van der Waals surface area contributed by atoms with Gasteiger partial charge < -0.3 is 14.7 Å². The minimum Gasteiger partial charge on any atom is -0.467 e. The molecule has 0 saturated carbocycles. The number of aromatic nitrogens is 4. The number of benzene rings is 1. The first-order valence-corrected chi connectivity index (χ1v) is 8.32. The molecule has 0 atom stereocenters. The lowest BCUT2D eigenvalue weighted by Gasteiger charge is -2.08. The smallest absolute Gasteiger partial charge is 0.416 e. The summed E-state index contributed by atoms with van der Waals surface area (Å²) in [6.45, 7) is 0.422. The van der Waals surface area contributed by atoms with Crippen molar-refractivity contribution in [1.82, 2.24) is 20.2 Å². The molecule has 6 nitrogen and oxygen atoms in total. The van der Waals surface area contributed by atoms with Gasteiger partial charge in [-0.15, -0.1) is 10.2 Å². The largest absolute Gasteiger partial charge is 0.467 e. The van der Waals surface area contributed by atoms with Crippen molar-refractivity contribution in [3.8, 4) is 22.8 Å². The monoisotopic (exact) mass is 385 g/mol. The second kappa shape index (κ2) is 7.18. The molecule has 0 spiro atoms. The minimum absolute atomic E-state index is 0.238. The maximum atomic E-state index is 12.9. The molecule has 4 aromatic rings. The van der Waals surface area contributed by atoms with Crippen LogP contribution in [0.4, 0.5) is 19.0 Å². The molecule has 2 N–H and O–H groups in total. The first-order valence-electron chi connectivity index (χ1n) is 8.32. The molecule has 0 fully saturated rings. The number of pyridine rings is 1. The lowest BCUT2D eigenvalue weighted by molar-refractivity contribution is -0.137. The van der Waals surface area contributed by atoms with E-state index in [-0.39, 0.29) is 5.82 Å². The molecule has 142 valence electrons. The summed E-state index contributed by atoms with van der Waals surface area (Å²) in [4.78, 5) is 7.26. The van der Waals surface area contributed by atoms with E-state index in [1.807, 2.05) is 6.07 Å². The molecule has 0 saturated heterocycles. The number of furan rings is 1. The van der Waals surface area contributed by atoms with Gasteiger partial charge >= 0.3 is 6.18 Å². The Hall–Kier alpha value is -3.62. The van der Waals surface area contributed by atoms with E-state index in [1.165, 1.54) is 6.07 Å². The number of nitrogens with zero attached hydrogens (tertiary/aromatic N) is 3. The Morgan fingerprint density at radius 1 is 1.00 bits per heavy atom. The second-order valence-electron chi connectivity index (χ2n) is 5.93. The normalized spacial score (nSPS) is 11.5. The maximum absolute atomic E-state index is 12.9. The van der Waals surface area contributed by atoms with Gasteiger partial charge in [0.25, 0.3) is 0 Å². The van der Waals surface area contributed by atoms with Crippen molar-refractivity contribution in [3.05, 3.63) is 72.3 Å². The number of nitrogens with one attached hydrogen (secondary N) is 2. The Morgan fingerprint density at radius 2 is 1.86 bits per heavy atom. The summed E-state index contributed by atoms with van der Waals surface area (Å²) in [6, 6.07) is 12.1. The molecule has 0 aliphatic heterocycles. The standard InChI is InChI=1S/C19H14F3N5O/c20-19(21,22)13-5-1-4-12(10-13)16-25-18(27-26-16)15-7-2-8-23-17(15)24-11-14-6-3-9-28-14/h1-10H,11H2,(H,23,24)(H,25,26,27). The molecule has 0 amide bonds. The number of aromatic amines is 1. The average Bonchev–Trinajstić information content (AvgIpc) is 3.38. The summed E-state index contributed by atoms with van der Waals surface area (Å²) in [5.74, 6) is 1.91. The van der Waals surface area contributed by atoms with E-state index >= 15 is 0 Å². The van der Waals surface area contributed by atoms with Gasteiger partial charge in [-0.05, 0) is 36.4 Å². The first kappa shape index (κ1) is 17.8. The molecule has 4 rings (SSSR count). The summed E-state index contributed by atoms with van der Waals surface area (Å²) in [5, 5.41) is 11.2. The van der Waals surface area contributed by atoms with E-state index < -0.39 is 11.7 Å². The molecule has 0 aliphatic carbocycles. The summed E-state index contributed by atoms with van der Waals surface area (Å²) < 4.78 is 44.1. The van der Waals surface area contributed by atoms with Crippen LogP contribution in [0.25, 0.3) is 22.8 Å².